The van der Waals surface area contributed by atoms with E-state index in [4.69, 9.17) is 9.97 Å². The fraction of sp³-hybridized carbons (Fsp3) is 0.474. The van der Waals surface area contributed by atoms with Gasteiger partial charge < -0.3 is 5.32 Å². The first-order valence-electron chi connectivity index (χ1n) is 8.24. The highest BCUT2D eigenvalue weighted by molar-refractivity contribution is 5.31. The van der Waals surface area contributed by atoms with Crippen LogP contribution in [0.3, 0.4) is 0 Å². The van der Waals surface area contributed by atoms with Crippen molar-refractivity contribution in [2.75, 3.05) is 13.1 Å². The van der Waals surface area contributed by atoms with Gasteiger partial charge in [-0.2, -0.15) is 0 Å². The number of hydrogen-bond donors (Lipinski definition) is 1. The fourth-order valence-electron chi connectivity index (χ4n) is 3.46. The van der Waals surface area contributed by atoms with Gasteiger partial charge in [0.05, 0.1) is 0 Å². The number of nitrogens with zero attached hydrogens (tertiary/aromatic N) is 2. The van der Waals surface area contributed by atoms with Crippen LogP contribution in [0.25, 0.3) is 0 Å². The Morgan fingerprint density at radius 1 is 0.955 bits per heavy atom. The minimum atomic E-state index is 0.620. The van der Waals surface area contributed by atoms with Crippen LogP contribution in [0.15, 0.2) is 24.3 Å². The second kappa shape index (κ2) is 6.57. The third-order valence-corrected chi connectivity index (χ3v) is 4.60. The molecular weight excluding hydrogens is 270 g/mol. The Labute approximate surface area is 133 Å². The number of benzene rings is 1. The average Bonchev–Trinajstić information content (AvgIpc) is 2.50. The van der Waals surface area contributed by atoms with Gasteiger partial charge in [-0.25, -0.2) is 9.97 Å². The molecule has 116 valence electrons. The summed E-state index contributed by atoms with van der Waals surface area (Å²) in [7, 11) is 0. The van der Waals surface area contributed by atoms with Crippen molar-refractivity contribution in [3.63, 3.8) is 0 Å². The summed E-state index contributed by atoms with van der Waals surface area (Å²) in [6.07, 6.45) is 3.21. The zero-order valence-electron chi connectivity index (χ0n) is 13.8. The minimum Gasteiger partial charge on any atom is -0.317 e. The number of aryl methyl sites for hydroxylation is 3. The summed E-state index contributed by atoms with van der Waals surface area (Å²) >= 11 is 0. The smallest absolute Gasteiger partial charge is 0.133 e. The third kappa shape index (κ3) is 3.36. The molecule has 3 heteroatoms. The molecule has 1 aromatic heterocycles. The maximum Gasteiger partial charge on any atom is 0.133 e. The predicted octanol–water partition coefficient (Wildman–Crippen LogP) is 3.46. The van der Waals surface area contributed by atoms with Gasteiger partial charge in [-0.15, -0.1) is 0 Å². The van der Waals surface area contributed by atoms with Crippen molar-refractivity contribution in [2.45, 2.75) is 46.0 Å². The van der Waals surface area contributed by atoms with E-state index in [0.717, 1.165) is 25.3 Å². The summed E-state index contributed by atoms with van der Waals surface area (Å²) < 4.78 is 0. The van der Waals surface area contributed by atoms with Gasteiger partial charge in [0.15, 0.2) is 0 Å². The van der Waals surface area contributed by atoms with Gasteiger partial charge in [-0.1, -0.05) is 29.8 Å². The number of hydrogen-bond acceptors (Lipinski definition) is 3. The summed E-state index contributed by atoms with van der Waals surface area (Å²) in [6.45, 7) is 8.61. The molecule has 1 N–H and O–H groups in total. The van der Waals surface area contributed by atoms with Crippen molar-refractivity contribution in [3.8, 4) is 0 Å². The van der Waals surface area contributed by atoms with Crippen molar-refractivity contribution < 1.29 is 0 Å². The first-order chi connectivity index (χ1) is 10.6. The number of piperidine rings is 1. The van der Waals surface area contributed by atoms with E-state index in [1.807, 2.05) is 0 Å². The normalized spacial score (nSPS) is 16.0. The molecule has 2 aromatic rings. The molecular formula is C19H25N3. The molecule has 0 bridgehead atoms. The van der Waals surface area contributed by atoms with E-state index in [1.54, 1.807) is 0 Å². The molecule has 0 atom stereocenters. The first-order valence-corrected chi connectivity index (χ1v) is 8.24. The maximum absolute atomic E-state index is 4.80. The molecule has 1 aliphatic heterocycles. The topological polar surface area (TPSA) is 37.8 Å². The van der Waals surface area contributed by atoms with Gasteiger partial charge in [0, 0.05) is 17.8 Å². The van der Waals surface area contributed by atoms with Gasteiger partial charge >= 0.3 is 0 Å². The molecule has 3 rings (SSSR count). The van der Waals surface area contributed by atoms with Gasteiger partial charge in [-0.05, 0) is 63.7 Å². The Kier molecular flexibility index (Phi) is 4.53. The Morgan fingerprint density at radius 3 is 2.14 bits per heavy atom. The minimum absolute atomic E-state index is 0.620. The molecule has 1 aliphatic rings. The summed E-state index contributed by atoms with van der Waals surface area (Å²) in [5.41, 5.74) is 6.29. The number of aromatic nitrogens is 2. The van der Waals surface area contributed by atoms with Crippen molar-refractivity contribution >= 4 is 0 Å². The quantitative estimate of drug-likeness (QED) is 0.942. The van der Waals surface area contributed by atoms with E-state index in [1.165, 1.54) is 40.9 Å². The second-order valence-corrected chi connectivity index (χ2v) is 6.41. The molecule has 22 heavy (non-hydrogen) atoms. The summed E-state index contributed by atoms with van der Waals surface area (Å²) in [5, 5.41) is 3.43. The Morgan fingerprint density at radius 2 is 1.55 bits per heavy atom. The van der Waals surface area contributed by atoms with Crippen LogP contribution in [-0.2, 0) is 6.42 Å². The number of rotatable bonds is 3. The molecule has 0 amide bonds. The standard InChI is InChI=1S/C19H25N3/c1-13-4-6-16(7-5-13)12-18-21-14(2)19(15(3)22-18)17-8-10-20-11-9-17/h4-7,17,20H,8-12H2,1-3H3. The van der Waals surface area contributed by atoms with Crippen LogP contribution >= 0.6 is 0 Å². The summed E-state index contributed by atoms with van der Waals surface area (Å²) in [6, 6.07) is 8.64. The zero-order chi connectivity index (χ0) is 15.5. The molecule has 0 spiro atoms. The van der Waals surface area contributed by atoms with Gasteiger partial charge in [0.1, 0.15) is 5.82 Å². The fourth-order valence-corrected chi connectivity index (χ4v) is 3.46. The Hall–Kier alpha value is -1.74. The van der Waals surface area contributed by atoms with E-state index in [9.17, 15) is 0 Å². The van der Waals surface area contributed by atoms with E-state index in [-0.39, 0.29) is 0 Å². The SMILES string of the molecule is Cc1ccc(Cc2nc(C)c(C3CCNCC3)c(C)n2)cc1. The van der Waals surface area contributed by atoms with Crippen LogP contribution in [0.5, 0.6) is 0 Å². The largest absolute Gasteiger partial charge is 0.317 e. The average molecular weight is 295 g/mol. The van der Waals surface area contributed by atoms with Crippen molar-refractivity contribution in [3.05, 3.63) is 58.2 Å². The lowest BCUT2D eigenvalue weighted by Gasteiger charge is -2.25. The molecule has 1 saturated heterocycles. The molecule has 0 aliphatic carbocycles. The Bertz CT molecular complexity index is 617. The van der Waals surface area contributed by atoms with Crippen LogP contribution in [0.4, 0.5) is 0 Å². The highest BCUT2D eigenvalue weighted by Gasteiger charge is 2.21. The lowest BCUT2D eigenvalue weighted by Crippen LogP contribution is -2.27. The monoisotopic (exact) mass is 295 g/mol. The molecule has 3 nitrogen and oxygen atoms in total. The van der Waals surface area contributed by atoms with Crippen molar-refractivity contribution in [1.82, 2.24) is 15.3 Å². The predicted molar refractivity (Wildman–Crippen MR) is 90.3 cm³/mol. The van der Waals surface area contributed by atoms with E-state index in [2.05, 4.69) is 50.4 Å². The lowest BCUT2D eigenvalue weighted by molar-refractivity contribution is 0.455. The van der Waals surface area contributed by atoms with E-state index < -0.39 is 0 Å². The van der Waals surface area contributed by atoms with E-state index in [0.29, 0.717) is 5.92 Å². The second-order valence-electron chi connectivity index (χ2n) is 6.41. The molecule has 0 radical (unpaired) electrons. The van der Waals surface area contributed by atoms with Crippen LogP contribution < -0.4 is 5.32 Å². The van der Waals surface area contributed by atoms with Gasteiger partial charge in [0.2, 0.25) is 0 Å². The van der Waals surface area contributed by atoms with Gasteiger partial charge in [-0.3, -0.25) is 0 Å². The molecule has 0 saturated carbocycles. The molecule has 1 aromatic carbocycles. The highest BCUT2D eigenvalue weighted by Crippen LogP contribution is 2.29. The summed E-state index contributed by atoms with van der Waals surface area (Å²) in [4.78, 5) is 9.59. The third-order valence-electron chi connectivity index (χ3n) is 4.60. The van der Waals surface area contributed by atoms with Crippen molar-refractivity contribution in [2.24, 2.45) is 0 Å². The lowest BCUT2D eigenvalue weighted by atomic mass is 9.88. The number of nitrogens with one attached hydrogen (secondary N) is 1. The van der Waals surface area contributed by atoms with Crippen LogP contribution in [-0.4, -0.2) is 23.1 Å². The van der Waals surface area contributed by atoms with Crippen LogP contribution in [0.1, 0.15) is 52.7 Å². The molecule has 0 unspecified atom stereocenters. The molecule has 1 fully saturated rings. The van der Waals surface area contributed by atoms with Gasteiger partial charge in [0.25, 0.3) is 0 Å². The molecule has 2 heterocycles. The summed E-state index contributed by atoms with van der Waals surface area (Å²) in [5.74, 6) is 1.56. The van der Waals surface area contributed by atoms with Crippen LogP contribution in [0.2, 0.25) is 0 Å². The van der Waals surface area contributed by atoms with E-state index >= 15 is 0 Å². The van der Waals surface area contributed by atoms with Crippen molar-refractivity contribution in [1.29, 1.82) is 0 Å². The zero-order valence-corrected chi connectivity index (χ0v) is 13.8. The maximum atomic E-state index is 4.80. The highest BCUT2D eigenvalue weighted by atomic mass is 14.9. The Balaban J connectivity index is 1.83. The first kappa shape index (κ1) is 15.2. The van der Waals surface area contributed by atoms with Crippen LogP contribution in [0, 0.1) is 20.8 Å².